The molecule has 0 bridgehead atoms. The molecule has 0 aliphatic heterocycles. The third kappa shape index (κ3) is 8.33. The van der Waals surface area contributed by atoms with E-state index in [9.17, 15) is 18.4 Å². The number of anilines is 1. The van der Waals surface area contributed by atoms with E-state index in [0.717, 1.165) is 11.8 Å². The zero-order valence-electron chi connectivity index (χ0n) is 22.7. The van der Waals surface area contributed by atoms with Crippen molar-refractivity contribution in [3.63, 3.8) is 0 Å². The molecule has 0 unspecified atom stereocenters. The fourth-order valence-corrected chi connectivity index (χ4v) is 3.82. The Hall–Kier alpha value is -3.83. The van der Waals surface area contributed by atoms with Gasteiger partial charge in [0, 0.05) is 26.4 Å². The third-order valence-electron chi connectivity index (χ3n) is 5.42. The fraction of sp³-hybridized carbons (Fsp3) is 0.333. The van der Waals surface area contributed by atoms with E-state index in [0.29, 0.717) is 23.2 Å². The summed E-state index contributed by atoms with van der Waals surface area (Å²) in [6.45, 7) is 6.30. The van der Waals surface area contributed by atoms with E-state index in [4.69, 9.17) is 21.7 Å². The van der Waals surface area contributed by atoms with E-state index < -0.39 is 24.8 Å². The van der Waals surface area contributed by atoms with Crippen LogP contribution in [0.25, 0.3) is 5.70 Å². The van der Waals surface area contributed by atoms with Crippen molar-refractivity contribution in [3.05, 3.63) is 69.4 Å². The molecular weight excluding hydrogens is 530 g/mol. The maximum absolute atomic E-state index is 13.7. The molecule has 0 aliphatic rings. The van der Waals surface area contributed by atoms with Gasteiger partial charge in [-0.3, -0.25) is 15.0 Å². The molecular formula is C27H33ClF2N6O3. The Kier molecular flexibility index (Phi) is 11.6. The number of halogens is 3. The highest BCUT2D eigenvalue weighted by atomic mass is 35.5. The standard InChI is InChI=1S/C27H33ClF2N6O3/c1-7-9-10-20(28)25(16(3)8-2)36-21(13-23(33-36)39-15-22(29)30)27(38)32-24-17(4)11-18(14-31)12-19(24)26(37)34-35(5)6/h7,9-14,22,31H,8,15H2,1-6H3,(H,32,38)(H,34,37)/b9-7-,20-10+,25-16-,31-14?. The van der Waals surface area contributed by atoms with Crippen molar-refractivity contribution in [2.45, 2.75) is 40.5 Å². The van der Waals surface area contributed by atoms with Crippen LogP contribution in [-0.2, 0) is 0 Å². The molecule has 0 atom stereocenters. The van der Waals surface area contributed by atoms with Crippen LogP contribution in [0.15, 0.2) is 47.0 Å². The summed E-state index contributed by atoms with van der Waals surface area (Å²) < 4.78 is 32.1. The van der Waals surface area contributed by atoms with Gasteiger partial charge in [0.1, 0.15) is 5.69 Å². The first kappa shape index (κ1) is 31.4. The Bertz CT molecular complexity index is 1310. The Balaban J connectivity index is 2.70. The summed E-state index contributed by atoms with van der Waals surface area (Å²) in [5.41, 5.74) is 5.07. The first-order chi connectivity index (χ1) is 18.4. The quantitative estimate of drug-likeness (QED) is 0.176. The molecule has 3 N–H and O–H groups in total. The van der Waals surface area contributed by atoms with Crippen LogP contribution in [0.3, 0.4) is 0 Å². The van der Waals surface area contributed by atoms with Gasteiger partial charge in [-0.2, -0.15) is 0 Å². The van der Waals surface area contributed by atoms with Crippen LogP contribution in [0.2, 0.25) is 0 Å². The van der Waals surface area contributed by atoms with Gasteiger partial charge < -0.3 is 15.5 Å². The number of hydrogen-bond acceptors (Lipinski definition) is 6. The molecule has 0 saturated heterocycles. The van der Waals surface area contributed by atoms with Crippen molar-refractivity contribution in [1.82, 2.24) is 20.2 Å². The molecule has 12 heteroatoms. The lowest BCUT2D eigenvalue weighted by molar-refractivity contribution is 0.0794. The van der Waals surface area contributed by atoms with Crippen molar-refractivity contribution < 1.29 is 23.1 Å². The smallest absolute Gasteiger partial charge is 0.274 e. The SMILES string of the molecule is C\C=C/C=C(Cl)\C(=C(/C)CC)n1nc(OCC(F)F)cc1C(=O)Nc1c(C)cc(C=N)cc1C(=O)NN(C)C. The van der Waals surface area contributed by atoms with Gasteiger partial charge in [-0.15, -0.1) is 5.10 Å². The molecule has 1 aromatic carbocycles. The summed E-state index contributed by atoms with van der Waals surface area (Å²) in [6, 6.07) is 4.36. The van der Waals surface area contributed by atoms with Gasteiger partial charge in [0.05, 0.1) is 22.0 Å². The van der Waals surface area contributed by atoms with Gasteiger partial charge in [0.15, 0.2) is 6.61 Å². The van der Waals surface area contributed by atoms with Crippen LogP contribution < -0.4 is 15.5 Å². The second-order valence-electron chi connectivity index (χ2n) is 8.70. The lowest BCUT2D eigenvalue weighted by Gasteiger charge is -2.18. The highest BCUT2D eigenvalue weighted by Gasteiger charge is 2.25. The minimum Gasteiger partial charge on any atom is -0.471 e. The molecule has 1 heterocycles. The number of carbonyl (C=O) groups is 2. The molecule has 0 radical (unpaired) electrons. The number of hydrazine groups is 1. The highest BCUT2D eigenvalue weighted by Crippen LogP contribution is 2.30. The van der Waals surface area contributed by atoms with E-state index >= 15 is 0 Å². The van der Waals surface area contributed by atoms with Gasteiger partial charge in [-0.05, 0) is 62.1 Å². The van der Waals surface area contributed by atoms with Crippen LogP contribution in [0, 0.1) is 12.3 Å². The zero-order chi connectivity index (χ0) is 29.3. The number of amides is 2. The van der Waals surface area contributed by atoms with Gasteiger partial charge in [0.25, 0.3) is 18.2 Å². The number of alkyl halides is 2. The molecule has 2 rings (SSSR count). The fourth-order valence-electron chi connectivity index (χ4n) is 3.51. The molecule has 1 aromatic heterocycles. The molecule has 9 nitrogen and oxygen atoms in total. The van der Waals surface area contributed by atoms with Crippen molar-refractivity contribution in [2.75, 3.05) is 26.0 Å². The third-order valence-corrected chi connectivity index (χ3v) is 5.72. The number of hydrogen-bond donors (Lipinski definition) is 3. The van der Waals surface area contributed by atoms with E-state index in [1.165, 1.54) is 21.8 Å². The maximum Gasteiger partial charge on any atom is 0.274 e. The van der Waals surface area contributed by atoms with Crippen LogP contribution in [0.1, 0.15) is 59.2 Å². The molecule has 2 aromatic rings. The number of ether oxygens (including phenoxy) is 1. The molecule has 0 spiro atoms. The first-order valence-electron chi connectivity index (χ1n) is 12.1. The molecule has 0 fully saturated rings. The van der Waals surface area contributed by atoms with E-state index in [2.05, 4.69) is 15.8 Å². The van der Waals surface area contributed by atoms with E-state index in [1.807, 2.05) is 20.8 Å². The van der Waals surface area contributed by atoms with Crippen LogP contribution in [0.4, 0.5) is 14.5 Å². The monoisotopic (exact) mass is 562 g/mol. The van der Waals surface area contributed by atoms with E-state index in [1.54, 1.807) is 45.3 Å². The summed E-state index contributed by atoms with van der Waals surface area (Å²) in [7, 11) is 3.27. The van der Waals surface area contributed by atoms with Crippen LogP contribution in [-0.4, -0.2) is 59.9 Å². The van der Waals surface area contributed by atoms with Crippen molar-refractivity contribution >= 4 is 41.0 Å². The van der Waals surface area contributed by atoms with Crippen molar-refractivity contribution in [3.8, 4) is 5.88 Å². The largest absolute Gasteiger partial charge is 0.471 e. The first-order valence-corrected chi connectivity index (χ1v) is 12.5. The molecule has 210 valence electrons. The Morgan fingerprint density at radius 2 is 1.95 bits per heavy atom. The molecule has 0 saturated carbocycles. The highest BCUT2D eigenvalue weighted by molar-refractivity contribution is 6.36. The second kappa shape index (κ2) is 14.4. The van der Waals surface area contributed by atoms with Gasteiger partial charge in [0.2, 0.25) is 5.88 Å². The number of aryl methyl sites for hydroxylation is 1. The molecule has 0 aliphatic carbocycles. The second-order valence-corrected chi connectivity index (χ2v) is 9.11. The summed E-state index contributed by atoms with van der Waals surface area (Å²) >= 11 is 6.60. The summed E-state index contributed by atoms with van der Waals surface area (Å²) in [5.74, 6) is -1.38. The molecule has 2 amide bonds. The number of allylic oxidation sites excluding steroid dienone is 6. The van der Waals surface area contributed by atoms with E-state index in [-0.39, 0.29) is 27.9 Å². The Labute approximate surface area is 231 Å². The van der Waals surface area contributed by atoms with Crippen molar-refractivity contribution in [1.29, 1.82) is 5.41 Å². The predicted octanol–water partition coefficient (Wildman–Crippen LogP) is 5.63. The average molecular weight is 563 g/mol. The lowest BCUT2D eigenvalue weighted by atomic mass is 10.0. The number of carbonyl (C=O) groups excluding carboxylic acids is 2. The average Bonchev–Trinajstić information content (AvgIpc) is 3.30. The lowest BCUT2D eigenvalue weighted by Crippen LogP contribution is -2.36. The van der Waals surface area contributed by atoms with Crippen molar-refractivity contribution in [2.24, 2.45) is 0 Å². The topological polar surface area (TPSA) is 112 Å². The number of benzene rings is 1. The zero-order valence-corrected chi connectivity index (χ0v) is 23.5. The van der Waals surface area contributed by atoms with Crippen LogP contribution in [0.5, 0.6) is 5.88 Å². The molecule has 39 heavy (non-hydrogen) atoms. The van der Waals surface area contributed by atoms with Gasteiger partial charge in [-0.25, -0.2) is 18.5 Å². The number of nitrogens with one attached hydrogen (secondary N) is 3. The van der Waals surface area contributed by atoms with Crippen LogP contribution >= 0.6 is 11.6 Å². The Morgan fingerprint density at radius 3 is 2.51 bits per heavy atom. The summed E-state index contributed by atoms with van der Waals surface area (Å²) in [6.07, 6.45) is 4.02. The summed E-state index contributed by atoms with van der Waals surface area (Å²) in [5, 5.41) is 16.3. The number of nitrogens with zero attached hydrogens (tertiary/aromatic N) is 3. The van der Waals surface area contributed by atoms with Gasteiger partial charge >= 0.3 is 0 Å². The predicted molar refractivity (Wildman–Crippen MR) is 150 cm³/mol. The normalized spacial score (nSPS) is 12.6. The number of aromatic nitrogens is 2. The maximum atomic E-state index is 13.7. The summed E-state index contributed by atoms with van der Waals surface area (Å²) in [4.78, 5) is 26.6. The van der Waals surface area contributed by atoms with Gasteiger partial charge in [-0.1, -0.05) is 30.7 Å². The number of rotatable bonds is 12. The minimum absolute atomic E-state index is 0.0522. The minimum atomic E-state index is -2.74. The Morgan fingerprint density at radius 1 is 1.26 bits per heavy atom.